The molecule has 0 aliphatic heterocycles. The molecule has 2 rings (SSSR count). The first-order chi connectivity index (χ1) is 12.4. The molecule has 7 nitrogen and oxygen atoms in total. The molecule has 0 spiro atoms. The van der Waals surface area contributed by atoms with Gasteiger partial charge in [0.05, 0.1) is 12.7 Å². The monoisotopic (exact) mass is 360 g/mol. The number of hydrogen-bond donors (Lipinski definition) is 2. The molecule has 0 saturated carbocycles. The van der Waals surface area contributed by atoms with Crippen LogP contribution in [0, 0.1) is 5.82 Å². The van der Waals surface area contributed by atoms with Crippen LogP contribution in [-0.4, -0.2) is 31.5 Å². The Balaban J connectivity index is 1.91. The average Bonchev–Trinajstić information content (AvgIpc) is 2.59. The van der Waals surface area contributed by atoms with Gasteiger partial charge in [-0.1, -0.05) is 6.07 Å². The van der Waals surface area contributed by atoms with Crippen molar-refractivity contribution in [3.05, 3.63) is 53.8 Å². The fourth-order valence-electron chi connectivity index (χ4n) is 2.08. The van der Waals surface area contributed by atoms with Crippen LogP contribution in [0.4, 0.5) is 15.8 Å². The highest BCUT2D eigenvalue weighted by Crippen LogP contribution is 2.18. The molecule has 0 radical (unpaired) electrons. The summed E-state index contributed by atoms with van der Waals surface area (Å²) < 4.78 is 23.2. The van der Waals surface area contributed by atoms with Crippen molar-refractivity contribution >= 4 is 29.2 Å². The lowest BCUT2D eigenvalue weighted by molar-refractivity contribution is -0.119. The number of halogens is 1. The van der Waals surface area contributed by atoms with E-state index in [-0.39, 0.29) is 17.2 Å². The minimum atomic E-state index is -0.839. The summed E-state index contributed by atoms with van der Waals surface area (Å²) in [6, 6.07) is 10.1. The van der Waals surface area contributed by atoms with Crippen molar-refractivity contribution in [2.24, 2.45) is 0 Å². The van der Waals surface area contributed by atoms with E-state index in [1.165, 1.54) is 26.2 Å². The predicted molar refractivity (Wildman–Crippen MR) is 92.6 cm³/mol. The summed E-state index contributed by atoms with van der Waals surface area (Å²) in [4.78, 5) is 34.8. The van der Waals surface area contributed by atoms with Crippen LogP contribution in [0.1, 0.15) is 17.3 Å². The molecule has 0 fully saturated rings. The Morgan fingerprint density at radius 3 is 2.35 bits per heavy atom. The first kappa shape index (κ1) is 18.9. The Bertz CT molecular complexity index is 838. The number of ether oxygens (including phenoxy) is 2. The van der Waals surface area contributed by atoms with Crippen LogP contribution in [0.25, 0.3) is 0 Å². The first-order valence-electron chi connectivity index (χ1n) is 7.57. The fraction of sp³-hybridized carbons (Fsp3) is 0.167. The van der Waals surface area contributed by atoms with Gasteiger partial charge in [0.2, 0.25) is 5.91 Å². The van der Waals surface area contributed by atoms with Gasteiger partial charge in [0.15, 0.2) is 18.2 Å². The Morgan fingerprint density at radius 2 is 1.73 bits per heavy atom. The number of esters is 1. The summed E-state index contributed by atoms with van der Waals surface area (Å²) in [6.45, 7) is 0.823. The van der Waals surface area contributed by atoms with Crippen molar-refractivity contribution in [1.29, 1.82) is 0 Å². The van der Waals surface area contributed by atoms with Gasteiger partial charge in [-0.15, -0.1) is 0 Å². The average molecular weight is 360 g/mol. The van der Waals surface area contributed by atoms with Crippen LogP contribution < -0.4 is 15.4 Å². The molecular weight excluding hydrogens is 343 g/mol. The molecule has 0 aromatic heterocycles. The first-order valence-corrected chi connectivity index (χ1v) is 7.57. The smallest absolute Gasteiger partial charge is 0.338 e. The zero-order valence-electron chi connectivity index (χ0n) is 14.2. The number of nitrogens with one attached hydrogen (secondary N) is 2. The summed E-state index contributed by atoms with van der Waals surface area (Å²) in [7, 11) is 1.31. The van der Waals surface area contributed by atoms with Gasteiger partial charge in [-0.05, 0) is 36.4 Å². The normalized spacial score (nSPS) is 9.96. The van der Waals surface area contributed by atoms with Gasteiger partial charge in [0.1, 0.15) is 0 Å². The van der Waals surface area contributed by atoms with Crippen molar-refractivity contribution in [2.45, 2.75) is 6.92 Å². The second-order valence-electron chi connectivity index (χ2n) is 5.24. The highest BCUT2D eigenvalue weighted by molar-refractivity contribution is 5.96. The molecule has 0 unspecified atom stereocenters. The van der Waals surface area contributed by atoms with E-state index in [0.29, 0.717) is 11.4 Å². The minimum Gasteiger partial charge on any atom is -0.494 e. The van der Waals surface area contributed by atoms with Gasteiger partial charge >= 0.3 is 5.97 Å². The zero-order valence-corrected chi connectivity index (χ0v) is 14.2. The summed E-state index contributed by atoms with van der Waals surface area (Å²) in [5.74, 6) is -2.37. The topological polar surface area (TPSA) is 93.7 Å². The zero-order chi connectivity index (χ0) is 19.1. The number of rotatable bonds is 6. The van der Waals surface area contributed by atoms with E-state index < -0.39 is 24.3 Å². The summed E-state index contributed by atoms with van der Waals surface area (Å²) in [5.41, 5.74) is 0.901. The largest absolute Gasteiger partial charge is 0.494 e. The number of methoxy groups -OCH3 is 1. The summed E-state index contributed by atoms with van der Waals surface area (Å²) >= 11 is 0. The lowest BCUT2D eigenvalue weighted by atomic mass is 10.2. The van der Waals surface area contributed by atoms with Crippen molar-refractivity contribution in [3.8, 4) is 5.75 Å². The molecule has 2 amide bonds. The third-order valence-corrected chi connectivity index (χ3v) is 3.19. The lowest BCUT2D eigenvalue weighted by Crippen LogP contribution is -2.21. The third kappa shape index (κ3) is 5.30. The summed E-state index contributed by atoms with van der Waals surface area (Å²) in [6.07, 6.45) is 0. The Morgan fingerprint density at radius 1 is 1.04 bits per heavy atom. The molecule has 8 heteroatoms. The highest BCUT2D eigenvalue weighted by atomic mass is 19.1. The van der Waals surface area contributed by atoms with Gasteiger partial charge in [0.25, 0.3) is 5.91 Å². The van der Waals surface area contributed by atoms with Gasteiger partial charge in [-0.2, -0.15) is 0 Å². The van der Waals surface area contributed by atoms with E-state index in [2.05, 4.69) is 10.6 Å². The van der Waals surface area contributed by atoms with Crippen molar-refractivity contribution < 1.29 is 28.2 Å². The van der Waals surface area contributed by atoms with E-state index in [9.17, 15) is 18.8 Å². The van der Waals surface area contributed by atoms with Gasteiger partial charge in [0, 0.05) is 18.3 Å². The summed E-state index contributed by atoms with van der Waals surface area (Å²) in [5, 5.41) is 5.11. The standard InChI is InChI=1S/C18H17FN2O5/c1-11(22)20-13-4-3-5-14(9-13)21-17(23)10-26-18(24)12-6-7-16(25-2)15(19)8-12/h3-9H,10H2,1-2H3,(H,20,22)(H,21,23). The predicted octanol–water partition coefficient (Wildman–Crippen LogP) is 2.59. The van der Waals surface area contributed by atoms with E-state index in [0.717, 1.165) is 6.07 Å². The number of anilines is 2. The number of carbonyl (C=O) groups excluding carboxylic acids is 3. The third-order valence-electron chi connectivity index (χ3n) is 3.19. The number of amides is 2. The molecule has 0 aliphatic carbocycles. The van der Waals surface area contributed by atoms with E-state index in [1.807, 2.05) is 0 Å². The van der Waals surface area contributed by atoms with Gasteiger partial charge in [-0.25, -0.2) is 9.18 Å². The van der Waals surface area contributed by atoms with E-state index in [4.69, 9.17) is 9.47 Å². The second kappa shape index (κ2) is 8.61. The molecule has 2 N–H and O–H groups in total. The van der Waals surface area contributed by atoms with Crippen LogP contribution >= 0.6 is 0 Å². The Kier molecular flexibility index (Phi) is 6.26. The van der Waals surface area contributed by atoms with E-state index >= 15 is 0 Å². The molecule has 2 aromatic carbocycles. The number of hydrogen-bond acceptors (Lipinski definition) is 5. The molecular formula is C18H17FN2O5. The number of benzene rings is 2. The maximum absolute atomic E-state index is 13.6. The number of carbonyl (C=O) groups is 3. The fourth-order valence-corrected chi connectivity index (χ4v) is 2.08. The molecule has 2 aromatic rings. The quantitative estimate of drug-likeness (QED) is 0.773. The molecule has 26 heavy (non-hydrogen) atoms. The van der Waals surface area contributed by atoms with Gasteiger partial charge < -0.3 is 20.1 Å². The molecule has 0 atom stereocenters. The van der Waals surface area contributed by atoms with Crippen molar-refractivity contribution in [1.82, 2.24) is 0 Å². The van der Waals surface area contributed by atoms with Crippen LogP contribution in [-0.2, 0) is 14.3 Å². The van der Waals surface area contributed by atoms with Crippen LogP contribution in [0.5, 0.6) is 5.75 Å². The molecule has 136 valence electrons. The molecule has 0 saturated heterocycles. The molecule has 0 aliphatic rings. The minimum absolute atomic E-state index is 0.00153. The highest BCUT2D eigenvalue weighted by Gasteiger charge is 2.13. The van der Waals surface area contributed by atoms with Crippen molar-refractivity contribution in [2.75, 3.05) is 24.4 Å². The SMILES string of the molecule is COc1ccc(C(=O)OCC(=O)Nc2cccc(NC(C)=O)c2)cc1F. The molecule has 0 heterocycles. The second-order valence-corrected chi connectivity index (χ2v) is 5.24. The van der Waals surface area contributed by atoms with Crippen LogP contribution in [0.2, 0.25) is 0 Å². The van der Waals surface area contributed by atoms with Crippen LogP contribution in [0.3, 0.4) is 0 Å². The lowest BCUT2D eigenvalue weighted by Gasteiger charge is -2.09. The Hall–Kier alpha value is -3.42. The van der Waals surface area contributed by atoms with Gasteiger partial charge in [-0.3, -0.25) is 9.59 Å². The molecule has 0 bridgehead atoms. The van der Waals surface area contributed by atoms with Crippen molar-refractivity contribution in [3.63, 3.8) is 0 Å². The maximum atomic E-state index is 13.6. The maximum Gasteiger partial charge on any atom is 0.338 e. The van der Waals surface area contributed by atoms with Crippen LogP contribution in [0.15, 0.2) is 42.5 Å². The Labute approximate surface area is 149 Å². The van der Waals surface area contributed by atoms with E-state index in [1.54, 1.807) is 24.3 Å².